The lowest BCUT2D eigenvalue weighted by molar-refractivity contribution is 0.103. The summed E-state index contributed by atoms with van der Waals surface area (Å²) in [5.41, 5.74) is 13.3. The van der Waals surface area contributed by atoms with Gasteiger partial charge in [-0.2, -0.15) is 0 Å². The Hall–Kier alpha value is -2.00. The minimum absolute atomic E-state index is 0.144. The molecule has 0 aliphatic rings. The number of anilines is 2. The Morgan fingerprint density at radius 3 is 2.12 bits per heavy atom. The van der Waals surface area contributed by atoms with Crippen LogP contribution in [0.3, 0.4) is 0 Å². The van der Waals surface area contributed by atoms with E-state index >= 15 is 0 Å². The monoisotopic (exact) mass is 246 g/mol. The molecule has 0 fully saturated rings. The highest BCUT2D eigenvalue weighted by atomic mass is 35.5. The number of hydrogen-bond acceptors (Lipinski definition) is 3. The van der Waals surface area contributed by atoms with Crippen molar-refractivity contribution < 1.29 is 4.79 Å². The molecule has 0 aliphatic heterocycles. The summed E-state index contributed by atoms with van der Waals surface area (Å²) < 4.78 is 0. The summed E-state index contributed by atoms with van der Waals surface area (Å²) in [5, 5.41) is 0.354. The molecule has 2 rings (SSSR count). The molecule has 2 aromatic carbocycles. The second kappa shape index (κ2) is 4.47. The lowest BCUT2D eigenvalue weighted by atomic mass is 10.0. The van der Waals surface area contributed by atoms with Crippen molar-refractivity contribution in [3.05, 3.63) is 58.6 Å². The van der Waals surface area contributed by atoms with Gasteiger partial charge in [0, 0.05) is 22.5 Å². The minimum atomic E-state index is -0.144. The van der Waals surface area contributed by atoms with Gasteiger partial charge in [0.2, 0.25) is 0 Å². The summed E-state index contributed by atoms with van der Waals surface area (Å²) in [5.74, 6) is -0.144. The number of hydrogen-bond donors (Lipinski definition) is 2. The van der Waals surface area contributed by atoms with Crippen LogP contribution < -0.4 is 11.5 Å². The number of rotatable bonds is 2. The topological polar surface area (TPSA) is 69.1 Å². The molecule has 0 radical (unpaired) electrons. The van der Waals surface area contributed by atoms with E-state index in [-0.39, 0.29) is 5.78 Å². The number of nitrogen functional groups attached to an aromatic ring is 2. The number of benzene rings is 2. The fourth-order valence-corrected chi connectivity index (χ4v) is 1.78. The molecular weight excluding hydrogens is 236 g/mol. The first kappa shape index (κ1) is 11.5. The summed E-state index contributed by atoms with van der Waals surface area (Å²) >= 11 is 5.98. The van der Waals surface area contributed by atoms with Crippen LogP contribution in [0.25, 0.3) is 0 Å². The molecule has 0 aliphatic carbocycles. The summed E-state index contributed by atoms with van der Waals surface area (Å²) in [6.07, 6.45) is 0. The van der Waals surface area contributed by atoms with Crippen LogP contribution in [0.5, 0.6) is 0 Å². The second-order valence-electron chi connectivity index (χ2n) is 3.69. The van der Waals surface area contributed by atoms with E-state index in [0.29, 0.717) is 27.5 Å². The first-order valence-electron chi connectivity index (χ1n) is 5.03. The maximum Gasteiger partial charge on any atom is 0.194 e. The van der Waals surface area contributed by atoms with Crippen LogP contribution in [-0.4, -0.2) is 5.78 Å². The number of halogens is 1. The van der Waals surface area contributed by atoms with Crippen LogP contribution in [-0.2, 0) is 0 Å². The van der Waals surface area contributed by atoms with Crippen LogP contribution >= 0.6 is 11.6 Å². The van der Waals surface area contributed by atoms with Gasteiger partial charge in [-0.25, -0.2) is 0 Å². The largest absolute Gasteiger partial charge is 0.399 e. The molecule has 0 unspecified atom stereocenters. The van der Waals surface area contributed by atoms with Crippen molar-refractivity contribution in [3.63, 3.8) is 0 Å². The van der Waals surface area contributed by atoms with Gasteiger partial charge in [0.05, 0.1) is 5.02 Å². The van der Waals surface area contributed by atoms with Gasteiger partial charge in [-0.15, -0.1) is 0 Å². The molecule has 3 nitrogen and oxygen atoms in total. The Morgan fingerprint density at radius 1 is 0.941 bits per heavy atom. The molecule has 0 amide bonds. The Morgan fingerprint density at radius 2 is 1.53 bits per heavy atom. The highest BCUT2D eigenvalue weighted by Gasteiger charge is 2.12. The van der Waals surface area contributed by atoms with Crippen molar-refractivity contribution in [1.29, 1.82) is 0 Å². The van der Waals surface area contributed by atoms with Gasteiger partial charge in [-0.1, -0.05) is 11.6 Å². The average molecular weight is 247 g/mol. The van der Waals surface area contributed by atoms with Crippen LogP contribution in [0.15, 0.2) is 42.5 Å². The molecule has 0 saturated heterocycles. The smallest absolute Gasteiger partial charge is 0.194 e. The molecule has 0 bridgehead atoms. The third kappa shape index (κ3) is 2.40. The number of ketones is 1. The number of nitrogens with two attached hydrogens (primary N) is 2. The predicted octanol–water partition coefficient (Wildman–Crippen LogP) is 2.74. The second-order valence-corrected chi connectivity index (χ2v) is 4.10. The standard InChI is InChI=1S/C13H11ClN2O/c14-12-7-10(16)5-6-11(12)13(17)8-1-3-9(15)4-2-8/h1-7H,15-16H2. The molecule has 0 saturated carbocycles. The van der Waals surface area contributed by atoms with Crippen LogP contribution in [0, 0.1) is 0 Å². The van der Waals surface area contributed by atoms with E-state index in [1.807, 2.05) is 0 Å². The zero-order chi connectivity index (χ0) is 12.4. The fraction of sp³-hybridized carbons (Fsp3) is 0. The highest BCUT2D eigenvalue weighted by Crippen LogP contribution is 2.22. The third-order valence-corrected chi connectivity index (χ3v) is 2.72. The van der Waals surface area contributed by atoms with Crippen molar-refractivity contribution in [2.24, 2.45) is 0 Å². The first-order chi connectivity index (χ1) is 8.08. The average Bonchev–Trinajstić information content (AvgIpc) is 2.29. The summed E-state index contributed by atoms with van der Waals surface area (Å²) in [6, 6.07) is 11.5. The summed E-state index contributed by atoms with van der Waals surface area (Å²) in [6.45, 7) is 0. The van der Waals surface area contributed by atoms with Crippen molar-refractivity contribution in [2.75, 3.05) is 11.5 Å². The van der Waals surface area contributed by atoms with Gasteiger partial charge in [0.1, 0.15) is 0 Å². The minimum Gasteiger partial charge on any atom is -0.399 e. The predicted molar refractivity (Wildman–Crippen MR) is 70.2 cm³/mol. The molecule has 0 aromatic heterocycles. The Kier molecular flexibility index (Phi) is 3.02. The zero-order valence-electron chi connectivity index (χ0n) is 8.98. The van der Waals surface area contributed by atoms with Crippen LogP contribution in [0.1, 0.15) is 15.9 Å². The Labute approximate surface area is 104 Å². The first-order valence-corrected chi connectivity index (χ1v) is 5.41. The van der Waals surface area contributed by atoms with Crippen molar-refractivity contribution in [2.45, 2.75) is 0 Å². The van der Waals surface area contributed by atoms with E-state index in [4.69, 9.17) is 23.1 Å². The molecule has 86 valence electrons. The van der Waals surface area contributed by atoms with E-state index in [1.54, 1.807) is 42.5 Å². The number of carbonyl (C=O) groups excluding carboxylic acids is 1. The van der Waals surface area contributed by atoms with Crippen LogP contribution in [0.2, 0.25) is 5.02 Å². The number of carbonyl (C=O) groups is 1. The van der Waals surface area contributed by atoms with Gasteiger partial charge in [0.15, 0.2) is 5.78 Å². The molecule has 2 aromatic rings. The molecule has 0 heterocycles. The molecule has 0 atom stereocenters. The normalized spacial score (nSPS) is 10.2. The van der Waals surface area contributed by atoms with E-state index in [2.05, 4.69) is 0 Å². The Bertz CT molecular complexity index is 564. The third-order valence-electron chi connectivity index (χ3n) is 2.41. The van der Waals surface area contributed by atoms with Gasteiger partial charge in [-0.3, -0.25) is 4.79 Å². The maximum absolute atomic E-state index is 12.1. The van der Waals surface area contributed by atoms with Crippen molar-refractivity contribution >= 4 is 28.8 Å². The van der Waals surface area contributed by atoms with Gasteiger partial charge < -0.3 is 11.5 Å². The van der Waals surface area contributed by atoms with Crippen molar-refractivity contribution in [1.82, 2.24) is 0 Å². The Balaban J connectivity index is 2.40. The van der Waals surface area contributed by atoms with E-state index in [0.717, 1.165) is 0 Å². The van der Waals surface area contributed by atoms with Gasteiger partial charge in [-0.05, 0) is 42.5 Å². The zero-order valence-corrected chi connectivity index (χ0v) is 9.74. The fourth-order valence-electron chi connectivity index (χ4n) is 1.51. The lowest BCUT2D eigenvalue weighted by Crippen LogP contribution is -2.02. The molecule has 4 heteroatoms. The van der Waals surface area contributed by atoms with Crippen LogP contribution in [0.4, 0.5) is 11.4 Å². The molecule has 17 heavy (non-hydrogen) atoms. The molecule has 4 N–H and O–H groups in total. The quantitative estimate of drug-likeness (QED) is 0.632. The maximum atomic E-state index is 12.1. The van der Waals surface area contributed by atoms with Crippen molar-refractivity contribution in [3.8, 4) is 0 Å². The SMILES string of the molecule is Nc1ccc(C(=O)c2ccc(N)cc2Cl)cc1. The van der Waals surface area contributed by atoms with Gasteiger partial charge in [0.25, 0.3) is 0 Å². The van der Waals surface area contributed by atoms with E-state index < -0.39 is 0 Å². The van der Waals surface area contributed by atoms with E-state index in [9.17, 15) is 4.79 Å². The van der Waals surface area contributed by atoms with Gasteiger partial charge >= 0.3 is 0 Å². The molecule has 0 spiro atoms. The highest BCUT2D eigenvalue weighted by molar-refractivity contribution is 6.35. The lowest BCUT2D eigenvalue weighted by Gasteiger charge is -2.05. The summed E-state index contributed by atoms with van der Waals surface area (Å²) in [4.78, 5) is 12.1. The summed E-state index contributed by atoms with van der Waals surface area (Å²) in [7, 11) is 0. The molecular formula is C13H11ClN2O. The van der Waals surface area contributed by atoms with E-state index in [1.165, 1.54) is 0 Å².